The molecule has 0 aromatic heterocycles. The standard InChI is InChI=1S/C29H38/c1-10-11-16-29(9,18-26-22(5)21(4)23(26)6)28(7,8)27-20(3)13-15-24-14-12-19(2)17-25(24)27/h10,12-15,17,21H,1,5,11,16,18H2,2-4,6-9H3. The lowest BCUT2D eigenvalue weighted by Crippen LogP contribution is -2.41. The zero-order chi connectivity index (χ0) is 21.6. The summed E-state index contributed by atoms with van der Waals surface area (Å²) in [6.07, 6.45) is 5.33. The summed E-state index contributed by atoms with van der Waals surface area (Å²) >= 11 is 0. The molecule has 0 radical (unpaired) electrons. The molecule has 0 amide bonds. The highest BCUT2D eigenvalue weighted by Gasteiger charge is 2.45. The van der Waals surface area contributed by atoms with Gasteiger partial charge in [-0.2, -0.15) is 0 Å². The third-order valence-electron chi connectivity index (χ3n) is 8.02. The number of fused-ring (bicyclic) bond motifs is 1. The summed E-state index contributed by atoms with van der Waals surface area (Å²) in [5.74, 6) is 0.540. The Kier molecular flexibility index (Phi) is 5.69. The first kappa shape index (κ1) is 21.6. The van der Waals surface area contributed by atoms with Gasteiger partial charge >= 0.3 is 0 Å². The number of allylic oxidation sites excluding steroid dienone is 4. The van der Waals surface area contributed by atoms with Gasteiger partial charge in [0.2, 0.25) is 0 Å². The van der Waals surface area contributed by atoms with E-state index in [0.29, 0.717) is 5.92 Å². The van der Waals surface area contributed by atoms with Crippen LogP contribution in [-0.4, -0.2) is 0 Å². The molecule has 2 aromatic carbocycles. The molecule has 0 N–H and O–H groups in total. The maximum Gasteiger partial charge on any atom is 0.00198 e. The highest BCUT2D eigenvalue weighted by molar-refractivity contribution is 5.88. The lowest BCUT2D eigenvalue weighted by atomic mass is 9.55. The number of rotatable bonds is 7. The van der Waals surface area contributed by atoms with Crippen molar-refractivity contribution in [3.8, 4) is 0 Å². The lowest BCUT2D eigenvalue weighted by molar-refractivity contribution is 0.153. The van der Waals surface area contributed by atoms with E-state index in [4.69, 9.17) is 0 Å². The highest BCUT2D eigenvalue weighted by Crippen LogP contribution is 2.55. The van der Waals surface area contributed by atoms with Crippen molar-refractivity contribution in [2.75, 3.05) is 0 Å². The summed E-state index contributed by atoms with van der Waals surface area (Å²) in [5.41, 5.74) is 8.73. The van der Waals surface area contributed by atoms with E-state index in [1.54, 1.807) is 0 Å². The number of aryl methyl sites for hydroxylation is 2. The van der Waals surface area contributed by atoms with Crippen molar-refractivity contribution in [3.05, 3.63) is 83.0 Å². The number of hydrogen-bond donors (Lipinski definition) is 0. The van der Waals surface area contributed by atoms with E-state index < -0.39 is 0 Å². The Balaban J connectivity index is 2.19. The van der Waals surface area contributed by atoms with Gasteiger partial charge in [0.25, 0.3) is 0 Å². The molecule has 0 fully saturated rings. The molecule has 2 atom stereocenters. The third-order valence-corrected chi connectivity index (χ3v) is 8.02. The summed E-state index contributed by atoms with van der Waals surface area (Å²) < 4.78 is 0. The molecular weight excluding hydrogens is 348 g/mol. The quantitative estimate of drug-likeness (QED) is 0.418. The maximum atomic E-state index is 4.39. The van der Waals surface area contributed by atoms with Crippen LogP contribution in [0.15, 0.2) is 66.3 Å². The van der Waals surface area contributed by atoms with Crippen LogP contribution in [-0.2, 0) is 5.41 Å². The van der Waals surface area contributed by atoms with E-state index in [-0.39, 0.29) is 10.8 Å². The van der Waals surface area contributed by atoms with Gasteiger partial charge < -0.3 is 0 Å². The number of hydrogen-bond acceptors (Lipinski definition) is 0. The summed E-state index contributed by atoms with van der Waals surface area (Å²) in [4.78, 5) is 0. The Morgan fingerprint density at radius 2 is 1.69 bits per heavy atom. The molecule has 154 valence electrons. The zero-order valence-electron chi connectivity index (χ0n) is 19.6. The van der Waals surface area contributed by atoms with Crippen molar-refractivity contribution in [2.24, 2.45) is 11.3 Å². The fourth-order valence-electron chi connectivity index (χ4n) is 5.32. The Hall–Kier alpha value is -2.08. The van der Waals surface area contributed by atoms with Gasteiger partial charge in [0, 0.05) is 5.92 Å². The van der Waals surface area contributed by atoms with Gasteiger partial charge in [-0.15, -0.1) is 6.58 Å². The largest absolute Gasteiger partial charge is 0.103 e. The molecule has 0 heterocycles. The second kappa shape index (κ2) is 7.63. The molecule has 29 heavy (non-hydrogen) atoms. The van der Waals surface area contributed by atoms with Crippen LogP contribution in [0.1, 0.15) is 70.6 Å². The molecule has 0 bridgehead atoms. The predicted molar refractivity (Wildman–Crippen MR) is 130 cm³/mol. The van der Waals surface area contributed by atoms with Gasteiger partial charge in [-0.05, 0) is 83.9 Å². The van der Waals surface area contributed by atoms with Crippen molar-refractivity contribution in [2.45, 2.75) is 73.1 Å². The van der Waals surface area contributed by atoms with Crippen molar-refractivity contribution in [1.29, 1.82) is 0 Å². The predicted octanol–water partition coefficient (Wildman–Crippen LogP) is 8.62. The van der Waals surface area contributed by atoms with Crippen molar-refractivity contribution in [3.63, 3.8) is 0 Å². The van der Waals surface area contributed by atoms with Crippen LogP contribution < -0.4 is 0 Å². The lowest BCUT2D eigenvalue weighted by Gasteiger charge is -2.49. The summed E-state index contributed by atoms with van der Waals surface area (Å²) in [6.45, 7) is 24.9. The smallest absolute Gasteiger partial charge is 0.00198 e. The maximum absolute atomic E-state index is 4.39. The molecule has 0 saturated heterocycles. The van der Waals surface area contributed by atoms with Crippen LogP contribution in [0.4, 0.5) is 0 Å². The van der Waals surface area contributed by atoms with Gasteiger partial charge in [0.15, 0.2) is 0 Å². The Labute approximate surface area is 178 Å². The molecule has 0 nitrogen and oxygen atoms in total. The van der Waals surface area contributed by atoms with Crippen LogP contribution >= 0.6 is 0 Å². The zero-order valence-corrected chi connectivity index (χ0v) is 19.6. The van der Waals surface area contributed by atoms with Gasteiger partial charge in [-0.1, -0.05) is 81.8 Å². The van der Waals surface area contributed by atoms with Crippen molar-refractivity contribution in [1.82, 2.24) is 0 Å². The molecule has 1 aliphatic carbocycles. The second-order valence-corrected chi connectivity index (χ2v) is 10.1. The molecule has 0 spiro atoms. The fourth-order valence-corrected chi connectivity index (χ4v) is 5.32. The van der Waals surface area contributed by atoms with Crippen LogP contribution in [0.2, 0.25) is 0 Å². The molecule has 2 aromatic rings. The molecule has 0 aliphatic heterocycles. The first-order valence-electron chi connectivity index (χ1n) is 11.0. The van der Waals surface area contributed by atoms with E-state index in [1.807, 2.05) is 0 Å². The van der Waals surface area contributed by atoms with Crippen LogP contribution in [0.3, 0.4) is 0 Å². The van der Waals surface area contributed by atoms with E-state index >= 15 is 0 Å². The van der Waals surface area contributed by atoms with E-state index in [0.717, 1.165) is 19.3 Å². The highest BCUT2D eigenvalue weighted by atomic mass is 14.5. The molecular formula is C29H38. The van der Waals surface area contributed by atoms with Gasteiger partial charge in [-0.3, -0.25) is 0 Å². The topological polar surface area (TPSA) is 0 Å². The van der Waals surface area contributed by atoms with Crippen molar-refractivity contribution < 1.29 is 0 Å². The minimum absolute atomic E-state index is 0.0137. The van der Waals surface area contributed by atoms with E-state index in [2.05, 4.69) is 98.0 Å². The average Bonchev–Trinajstić information content (AvgIpc) is 2.68. The molecule has 3 rings (SSSR count). The summed E-state index contributed by atoms with van der Waals surface area (Å²) in [6, 6.07) is 11.4. The Morgan fingerprint density at radius 3 is 2.31 bits per heavy atom. The average molecular weight is 387 g/mol. The Bertz CT molecular complexity index is 993. The van der Waals surface area contributed by atoms with Gasteiger partial charge in [-0.25, -0.2) is 0 Å². The monoisotopic (exact) mass is 386 g/mol. The SMILES string of the molecule is C=CCCC(C)(CC1=C(C)C(C)C1=C)C(C)(C)c1c(C)ccc2ccc(C)cc12. The summed E-state index contributed by atoms with van der Waals surface area (Å²) in [5, 5.41) is 2.75. The van der Waals surface area contributed by atoms with Gasteiger partial charge in [0.05, 0.1) is 0 Å². The van der Waals surface area contributed by atoms with E-state index in [1.165, 1.54) is 44.2 Å². The molecule has 0 saturated carbocycles. The number of benzene rings is 2. The normalized spacial score (nSPS) is 19.3. The van der Waals surface area contributed by atoms with Crippen LogP contribution in [0, 0.1) is 25.2 Å². The van der Waals surface area contributed by atoms with Crippen LogP contribution in [0.25, 0.3) is 10.8 Å². The Morgan fingerprint density at radius 1 is 1.03 bits per heavy atom. The summed E-state index contributed by atoms with van der Waals surface area (Å²) in [7, 11) is 0. The third kappa shape index (κ3) is 3.52. The van der Waals surface area contributed by atoms with Gasteiger partial charge in [0.1, 0.15) is 0 Å². The minimum atomic E-state index is 0.0137. The van der Waals surface area contributed by atoms with Crippen molar-refractivity contribution >= 4 is 10.8 Å². The second-order valence-electron chi connectivity index (χ2n) is 10.1. The first-order valence-corrected chi connectivity index (χ1v) is 11.0. The van der Waals surface area contributed by atoms with E-state index in [9.17, 15) is 0 Å². The molecule has 2 unspecified atom stereocenters. The fraction of sp³-hybridized carbons (Fsp3) is 0.448. The minimum Gasteiger partial charge on any atom is -0.103 e. The molecule has 1 aliphatic rings. The molecule has 0 heteroatoms. The van der Waals surface area contributed by atoms with Crippen LogP contribution in [0.5, 0.6) is 0 Å². The first-order chi connectivity index (χ1) is 13.5.